The van der Waals surface area contributed by atoms with Gasteiger partial charge in [-0.15, -0.1) is 18.3 Å². The molecule has 0 aliphatic carbocycles. The molecule has 2 amide bonds. The molecule has 4 aromatic rings. The zero-order valence-electron chi connectivity index (χ0n) is 23.0. The first-order valence-corrected chi connectivity index (χ1v) is 14.1. The normalized spacial score (nSPS) is 15.3. The molecule has 13 heteroatoms. The zero-order valence-corrected chi connectivity index (χ0v) is 23.8. The van der Waals surface area contributed by atoms with Crippen LogP contribution in [0.25, 0.3) is 17.1 Å². The SMILES string of the molecule is Cc1cccc(C)c1N1C(=O)CSC1=NC(=O)CCC(F)c1ccc(-c2ncn(-c3ccc(OC(F)(F)F)cc3)n2)cc1. The monoisotopic (exact) mass is 611 g/mol. The van der Waals surface area contributed by atoms with Crippen molar-refractivity contribution >= 4 is 34.4 Å². The van der Waals surface area contributed by atoms with E-state index in [-0.39, 0.29) is 30.3 Å². The summed E-state index contributed by atoms with van der Waals surface area (Å²) >= 11 is 1.18. The largest absolute Gasteiger partial charge is 0.573 e. The highest BCUT2D eigenvalue weighted by Gasteiger charge is 2.32. The number of rotatable bonds is 8. The van der Waals surface area contributed by atoms with Crippen LogP contribution in [0.4, 0.5) is 23.2 Å². The minimum Gasteiger partial charge on any atom is -0.406 e. The number of amides is 2. The Morgan fingerprint density at radius 1 is 1.05 bits per heavy atom. The van der Waals surface area contributed by atoms with E-state index in [1.54, 1.807) is 24.3 Å². The summed E-state index contributed by atoms with van der Waals surface area (Å²) in [6.07, 6.45) is -5.02. The van der Waals surface area contributed by atoms with Crippen molar-refractivity contribution in [3.05, 3.63) is 89.7 Å². The van der Waals surface area contributed by atoms with Crippen molar-refractivity contribution in [3.63, 3.8) is 0 Å². The predicted molar refractivity (Wildman–Crippen MR) is 155 cm³/mol. The second-order valence-electron chi connectivity index (χ2n) is 9.73. The summed E-state index contributed by atoms with van der Waals surface area (Å²) in [6, 6.07) is 17.3. The third-order valence-corrected chi connectivity index (χ3v) is 7.54. The standard InChI is InChI=1S/C30H25F4N5O3S/c1-18-4-3-5-19(2)27(18)39-26(41)16-43-29(39)36-25(40)15-14-24(31)20-6-8-21(9-7-20)28-35-17-38(37-28)22-10-12-23(13-11-22)42-30(32,33)34/h3-13,17,24H,14-16H2,1-2H3. The second kappa shape index (κ2) is 12.4. The lowest BCUT2D eigenvalue weighted by Gasteiger charge is -2.20. The van der Waals surface area contributed by atoms with Crippen LogP contribution in [0.5, 0.6) is 5.75 Å². The molecule has 3 aromatic carbocycles. The van der Waals surface area contributed by atoms with Gasteiger partial charge in [-0.1, -0.05) is 54.2 Å². The first-order valence-electron chi connectivity index (χ1n) is 13.1. The van der Waals surface area contributed by atoms with Gasteiger partial charge in [-0.3, -0.25) is 14.5 Å². The Hall–Kier alpha value is -4.52. The van der Waals surface area contributed by atoms with Crippen LogP contribution in [0.15, 0.2) is 78.0 Å². The average molecular weight is 612 g/mol. The van der Waals surface area contributed by atoms with E-state index in [1.165, 1.54) is 51.9 Å². The molecule has 1 aliphatic rings. The van der Waals surface area contributed by atoms with Crippen LogP contribution in [-0.2, 0) is 9.59 Å². The van der Waals surface area contributed by atoms with Crippen molar-refractivity contribution in [3.8, 4) is 22.8 Å². The summed E-state index contributed by atoms with van der Waals surface area (Å²) in [4.78, 5) is 35.1. The lowest BCUT2D eigenvalue weighted by Crippen LogP contribution is -2.31. The van der Waals surface area contributed by atoms with E-state index in [0.29, 0.717) is 33.5 Å². The highest BCUT2D eigenvalue weighted by atomic mass is 32.2. The molecular weight excluding hydrogens is 586 g/mol. The fraction of sp³-hybridized carbons (Fsp3) is 0.233. The highest BCUT2D eigenvalue weighted by Crippen LogP contribution is 2.33. The lowest BCUT2D eigenvalue weighted by atomic mass is 10.0. The van der Waals surface area contributed by atoms with E-state index in [9.17, 15) is 22.8 Å². The van der Waals surface area contributed by atoms with E-state index in [0.717, 1.165) is 11.1 Å². The quantitative estimate of drug-likeness (QED) is 0.201. The van der Waals surface area contributed by atoms with Crippen molar-refractivity contribution in [1.82, 2.24) is 14.8 Å². The number of hydrogen-bond acceptors (Lipinski definition) is 6. The van der Waals surface area contributed by atoms with Crippen LogP contribution < -0.4 is 9.64 Å². The van der Waals surface area contributed by atoms with Crippen LogP contribution in [-0.4, -0.2) is 43.9 Å². The molecule has 1 aromatic heterocycles. The first kappa shape index (κ1) is 30.0. The maximum absolute atomic E-state index is 15.0. The van der Waals surface area contributed by atoms with Gasteiger partial charge in [0.15, 0.2) is 11.0 Å². The summed E-state index contributed by atoms with van der Waals surface area (Å²) in [7, 11) is 0. The molecule has 1 atom stereocenters. The maximum atomic E-state index is 15.0. The summed E-state index contributed by atoms with van der Waals surface area (Å²) < 4.78 is 57.4. The molecule has 2 heterocycles. The van der Waals surface area contributed by atoms with E-state index in [4.69, 9.17) is 0 Å². The Bertz CT molecular complexity index is 1650. The summed E-state index contributed by atoms with van der Waals surface area (Å²) in [5, 5.41) is 4.64. The molecule has 0 spiro atoms. The Balaban J connectivity index is 1.20. The number of benzene rings is 3. The molecule has 0 bridgehead atoms. The van der Waals surface area contributed by atoms with Crippen molar-refractivity contribution < 1.29 is 31.9 Å². The number of hydrogen-bond donors (Lipinski definition) is 0. The summed E-state index contributed by atoms with van der Waals surface area (Å²) in [5.74, 6) is -0.519. The van der Waals surface area contributed by atoms with Gasteiger partial charge in [-0.2, -0.15) is 4.99 Å². The smallest absolute Gasteiger partial charge is 0.406 e. The number of carbonyl (C=O) groups is 2. The molecule has 1 saturated heterocycles. The number of para-hydroxylation sites is 1. The topological polar surface area (TPSA) is 89.7 Å². The third-order valence-electron chi connectivity index (χ3n) is 6.62. The number of halogens is 4. The fourth-order valence-corrected chi connectivity index (χ4v) is 5.43. The second-order valence-corrected chi connectivity index (χ2v) is 10.7. The van der Waals surface area contributed by atoms with Gasteiger partial charge in [0.25, 0.3) is 0 Å². The molecule has 0 N–H and O–H groups in total. The van der Waals surface area contributed by atoms with E-state index in [1.807, 2.05) is 32.0 Å². The number of alkyl halides is 4. The molecule has 1 unspecified atom stereocenters. The third kappa shape index (κ3) is 7.11. The van der Waals surface area contributed by atoms with Crippen LogP contribution in [0, 0.1) is 13.8 Å². The number of nitrogens with zero attached hydrogens (tertiary/aromatic N) is 5. The molecule has 8 nitrogen and oxygen atoms in total. The lowest BCUT2D eigenvalue weighted by molar-refractivity contribution is -0.274. The number of carbonyl (C=O) groups excluding carboxylic acids is 2. The number of amidine groups is 1. The van der Waals surface area contributed by atoms with E-state index < -0.39 is 18.4 Å². The van der Waals surface area contributed by atoms with Gasteiger partial charge in [-0.05, 0) is 61.2 Å². The molecule has 0 saturated carbocycles. The fourth-order valence-electron chi connectivity index (χ4n) is 4.56. The van der Waals surface area contributed by atoms with Gasteiger partial charge in [0.2, 0.25) is 11.8 Å². The Morgan fingerprint density at radius 3 is 2.37 bits per heavy atom. The van der Waals surface area contributed by atoms with Crippen LogP contribution >= 0.6 is 11.8 Å². The van der Waals surface area contributed by atoms with E-state index >= 15 is 4.39 Å². The molecule has 1 fully saturated rings. The van der Waals surface area contributed by atoms with Gasteiger partial charge in [0.1, 0.15) is 18.2 Å². The maximum Gasteiger partial charge on any atom is 0.573 e. The van der Waals surface area contributed by atoms with Gasteiger partial charge in [0, 0.05) is 12.0 Å². The number of thioether (sulfide) groups is 1. The van der Waals surface area contributed by atoms with Crippen molar-refractivity contribution in [2.75, 3.05) is 10.7 Å². The highest BCUT2D eigenvalue weighted by molar-refractivity contribution is 8.15. The van der Waals surface area contributed by atoms with Gasteiger partial charge in [0.05, 0.1) is 17.1 Å². The Morgan fingerprint density at radius 2 is 1.72 bits per heavy atom. The Labute approximate surface area is 248 Å². The summed E-state index contributed by atoms with van der Waals surface area (Å²) in [6.45, 7) is 3.77. The Kier molecular flexibility index (Phi) is 8.62. The molecule has 222 valence electrons. The van der Waals surface area contributed by atoms with Gasteiger partial charge < -0.3 is 4.74 Å². The first-order chi connectivity index (χ1) is 20.5. The van der Waals surface area contributed by atoms with Crippen molar-refractivity contribution in [1.29, 1.82) is 0 Å². The van der Waals surface area contributed by atoms with Crippen LogP contribution in [0.3, 0.4) is 0 Å². The van der Waals surface area contributed by atoms with Crippen molar-refractivity contribution in [2.45, 2.75) is 39.2 Å². The molecule has 5 rings (SSSR count). The van der Waals surface area contributed by atoms with Crippen LogP contribution in [0.2, 0.25) is 0 Å². The van der Waals surface area contributed by atoms with Crippen LogP contribution in [0.1, 0.15) is 35.7 Å². The van der Waals surface area contributed by atoms with Gasteiger partial charge in [-0.25, -0.2) is 14.1 Å². The summed E-state index contributed by atoms with van der Waals surface area (Å²) in [5.41, 5.74) is 3.92. The minimum absolute atomic E-state index is 0.0854. The molecule has 1 aliphatic heterocycles. The van der Waals surface area contributed by atoms with Crippen molar-refractivity contribution in [2.24, 2.45) is 4.99 Å². The molecule has 0 radical (unpaired) electrons. The molecule has 43 heavy (non-hydrogen) atoms. The predicted octanol–water partition coefficient (Wildman–Crippen LogP) is 6.90. The number of ether oxygens (including phenoxy) is 1. The van der Waals surface area contributed by atoms with Gasteiger partial charge >= 0.3 is 6.36 Å². The molecular formula is C30H25F4N5O3S. The number of anilines is 1. The van der Waals surface area contributed by atoms with E-state index in [2.05, 4.69) is 19.8 Å². The zero-order chi connectivity index (χ0) is 30.7. The number of aryl methyl sites for hydroxylation is 2. The number of aliphatic imine (C=N–C) groups is 1. The number of aromatic nitrogens is 3. The minimum atomic E-state index is -4.78. The average Bonchev–Trinajstić information content (AvgIpc) is 3.59.